The number of ether oxygens (including phenoxy) is 1. The fourth-order valence-electron chi connectivity index (χ4n) is 2.82. The summed E-state index contributed by atoms with van der Waals surface area (Å²) >= 11 is 0. The number of amides is 2. The number of nitrogens with one attached hydrogen (secondary N) is 1. The molecule has 2 amide bonds. The van der Waals surface area contributed by atoms with Crippen LogP contribution in [0.1, 0.15) is 25.8 Å². The van der Waals surface area contributed by atoms with Crippen molar-refractivity contribution in [3.8, 4) is 0 Å². The van der Waals surface area contributed by atoms with Gasteiger partial charge >= 0.3 is 0 Å². The summed E-state index contributed by atoms with van der Waals surface area (Å²) in [5, 5.41) is 2.85. The van der Waals surface area contributed by atoms with E-state index in [-0.39, 0.29) is 24.3 Å². The van der Waals surface area contributed by atoms with Crippen molar-refractivity contribution >= 4 is 11.8 Å². The van der Waals surface area contributed by atoms with Gasteiger partial charge in [-0.15, -0.1) is 0 Å². The number of nitrogens with zero attached hydrogens (tertiary/aromatic N) is 2. The second-order valence-corrected chi connectivity index (χ2v) is 6.58. The predicted molar refractivity (Wildman–Crippen MR) is 97.0 cm³/mol. The van der Waals surface area contributed by atoms with Gasteiger partial charge in [0.25, 0.3) is 0 Å². The first-order valence-electron chi connectivity index (χ1n) is 8.96. The second kappa shape index (κ2) is 10.2. The molecule has 0 saturated carbocycles. The van der Waals surface area contributed by atoms with E-state index in [0.29, 0.717) is 13.1 Å². The van der Waals surface area contributed by atoms with E-state index in [2.05, 4.69) is 10.2 Å². The van der Waals surface area contributed by atoms with Crippen molar-refractivity contribution in [1.29, 1.82) is 0 Å². The maximum Gasteiger partial charge on any atom is 0.232 e. The van der Waals surface area contributed by atoms with Gasteiger partial charge in [-0.1, -0.05) is 30.3 Å². The average Bonchev–Trinajstić information content (AvgIpc) is 2.61. The van der Waals surface area contributed by atoms with Crippen molar-refractivity contribution in [1.82, 2.24) is 15.1 Å². The largest absolute Gasteiger partial charge is 0.379 e. The maximum atomic E-state index is 12.5. The lowest BCUT2D eigenvalue weighted by Crippen LogP contribution is -2.43. The summed E-state index contributed by atoms with van der Waals surface area (Å²) in [6.07, 6.45) is -0.103. The monoisotopic (exact) mass is 347 g/mol. The molecule has 0 spiro atoms. The Morgan fingerprint density at radius 3 is 2.52 bits per heavy atom. The molecule has 2 rings (SSSR count). The van der Waals surface area contributed by atoms with E-state index in [1.165, 1.54) is 0 Å². The highest BCUT2D eigenvalue weighted by Crippen LogP contribution is 2.10. The van der Waals surface area contributed by atoms with Crippen LogP contribution in [0.25, 0.3) is 0 Å². The first-order chi connectivity index (χ1) is 12.1. The second-order valence-electron chi connectivity index (χ2n) is 6.58. The molecule has 0 aromatic heterocycles. The minimum absolute atomic E-state index is 0.0499. The van der Waals surface area contributed by atoms with Crippen LogP contribution in [0.5, 0.6) is 0 Å². The van der Waals surface area contributed by atoms with Crippen molar-refractivity contribution < 1.29 is 14.3 Å². The van der Waals surface area contributed by atoms with Gasteiger partial charge in [-0.05, 0) is 19.4 Å². The van der Waals surface area contributed by atoms with Crippen LogP contribution in [0, 0.1) is 0 Å². The lowest BCUT2D eigenvalue weighted by Gasteiger charge is -2.27. The lowest BCUT2D eigenvalue weighted by molar-refractivity contribution is -0.137. The SMILES string of the molecule is CC(C)N(Cc1ccccc1)C(=O)CC(=O)NCCN1CCOCC1. The Kier molecular flexibility index (Phi) is 7.88. The third-order valence-electron chi connectivity index (χ3n) is 4.31. The summed E-state index contributed by atoms with van der Waals surface area (Å²) in [6.45, 7) is 9.10. The van der Waals surface area contributed by atoms with Gasteiger partial charge in [0.05, 0.1) is 13.2 Å². The van der Waals surface area contributed by atoms with Gasteiger partial charge in [0, 0.05) is 38.8 Å². The van der Waals surface area contributed by atoms with E-state index < -0.39 is 0 Å². The third kappa shape index (κ3) is 6.84. The molecule has 1 heterocycles. The molecule has 138 valence electrons. The number of rotatable bonds is 8. The van der Waals surface area contributed by atoms with Crippen molar-refractivity contribution in [3.63, 3.8) is 0 Å². The Hall–Kier alpha value is -1.92. The van der Waals surface area contributed by atoms with Crippen molar-refractivity contribution in [3.05, 3.63) is 35.9 Å². The normalized spacial score (nSPS) is 15.2. The zero-order chi connectivity index (χ0) is 18.1. The maximum absolute atomic E-state index is 12.5. The van der Waals surface area contributed by atoms with Gasteiger partial charge in [0.2, 0.25) is 11.8 Å². The van der Waals surface area contributed by atoms with Crippen LogP contribution in [0.2, 0.25) is 0 Å². The van der Waals surface area contributed by atoms with Gasteiger partial charge in [0.15, 0.2) is 0 Å². The van der Waals surface area contributed by atoms with E-state index in [4.69, 9.17) is 4.74 Å². The van der Waals surface area contributed by atoms with Crippen LogP contribution in [-0.2, 0) is 20.9 Å². The van der Waals surface area contributed by atoms with E-state index in [1.807, 2.05) is 44.2 Å². The quantitative estimate of drug-likeness (QED) is 0.719. The summed E-state index contributed by atoms with van der Waals surface area (Å²) in [5.41, 5.74) is 1.07. The van der Waals surface area contributed by atoms with E-state index >= 15 is 0 Å². The van der Waals surface area contributed by atoms with Gasteiger partial charge in [-0.25, -0.2) is 0 Å². The molecule has 0 aliphatic carbocycles. The molecule has 0 bridgehead atoms. The predicted octanol–water partition coefficient (Wildman–Crippen LogP) is 1.26. The first kappa shape index (κ1) is 19.4. The fraction of sp³-hybridized carbons (Fsp3) is 0.579. The molecule has 25 heavy (non-hydrogen) atoms. The highest BCUT2D eigenvalue weighted by atomic mass is 16.5. The molecule has 6 heteroatoms. The van der Waals surface area contributed by atoms with Gasteiger partial charge in [-0.2, -0.15) is 0 Å². The molecular formula is C19H29N3O3. The van der Waals surface area contributed by atoms with Crippen LogP contribution in [-0.4, -0.2) is 67.0 Å². The molecule has 0 unspecified atom stereocenters. The van der Waals surface area contributed by atoms with Crippen molar-refractivity contribution in [2.45, 2.75) is 32.9 Å². The molecular weight excluding hydrogens is 318 g/mol. The van der Waals surface area contributed by atoms with E-state index in [9.17, 15) is 9.59 Å². The number of carbonyl (C=O) groups excluding carboxylic acids is 2. The first-order valence-corrected chi connectivity index (χ1v) is 8.96. The van der Waals surface area contributed by atoms with Crippen LogP contribution < -0.4 is 5.32 Å². The molecule has 0 atom stereocenters. The molecule has 1 fully saturated rings. The standard InChI is InChI=1S/C19H29N3O3/c1-16(2)22(15-17-6-4-3-5-7-17)19(24)14-18(23)20-8-9-21-10-12-25-13-11-21/h3-7,16H,8-15H2,1-2H3,(H,20,23). The Bertz CT molecular complexity index is 542. The van der Waals surface area contributed by atoms with Crippen LogP contribution in [0.3, 0.4) is 0 Å². The summed E-state index contributed by atoms with van der Waals surface area (Å²) in [7, 11) is 0. The van der Waals surface area contributed by atoms with Crippen LogP contribution >= 0.6 is 0 Å². The molecule has 1 aliphatic heterocycles. The highest BCUT2D eigenvalue weighted by molar-refractivity contribution is 5.96. The smallest absolute Gasteiger partial charge is 0.232 e. The number of carbonyl (C=O) groups is 2. The minimum Gasteiger partial charge on any atom is -0.379 e. The average molecular weight is 347 g/mol. The lowest BCUT2D eigenvalue weighted by atomic mass is 10.1. The van der Waals surface area contributed by atoms with Crippen LogP contribution in [0.15, 0.2) is 30.3 Å². The Balaban J connectivity index is 1.76. The van der Waals surface area contributed by atoms with Gasteiger partial charge in [-0.3, -0.25) is 14.5 Å². The summed E-state index contributed by atoms with van der Waals surface area (Å²) < 4.78 is 5.30. The molecule has 0 radical (unpaired) electrons. The zero-order valence-electron chi connectivity index (χ0n) is 15.2. The number of morpholine rings is 1. The minimum atomic E-state index is -0.211. The topological polar surface area (TPSA) is 61.9 Å². The number of hydrogen-bond donors (Lipinski definition) is 1. The molecule has 1 saturated heterocycles. The van der Waals surface area contributed by atoms with Gasteiger partial charge < -0.3 is 15.0 Å². The molecule has 1 aromatic rings. The van der Waals surface area contributed by atoms with Crippen molar-refractivity contribution in [2.75, 3.05) is 39.4 Å². The molecule has 6 nitrogen and oxygen atoms in total. The molecule has 1 N–H and O–H groups in total. The molecule has 1 aliphatic rings. The van der Waals surface area contributed by atoms with Gasteiger partial charge in [0.1, 0.15) is 6.42 Å². The highest BCUT2D eigenvalue weighted by Gasteiger charge is 2.20. The Labute approximate surface area is 150 Å². The molecule has 1 aromatic carbocycles. The summed E-state index contributed by atoms with van der Waals surface area (Å²) in [4.78, 5) is 28.6. The number of hydrogen-bond acceptors (Lipinski definition) is 4. The van der Waals surface area contributed by atoms with Crippen molar-refractivity contribution in [2.24, 2.45) is 0 Å². The Morgan fingerprint density at radius 1 is 1.20 bits per heavy atom. The van der Waals surface area contributed by atoms with E-state index in [1.54, 1.807) is 4.90 Å². The third-order valence-corrected chi connectivity index (χ3v) is 4.31. The fourth-order valence-corrected chi connectivity index (χ4v) is 2.82. The summed E-state index contributed by atoms with van der Waals surface area (Å²) in [6, 6.07) is 9.89. The zero-order valence-corrected chi connectivity index (χ0v) is 15.2. The summed E-state index contributed by atoms with van der Waals surface area (Å²) in [5.74, 6) is -0.348. The number of benzene rings is 1. The van der Waals surface area contributed by atoms with Crippen LogP contribution in [0.4, 0.5) is 0 Å². The van der Waals surface area contributed by atoms with E-state index in [0.717, 1.165) is 38.4 Å². The Morgan fingerprint density at radius 2 is 1.88 bits per heavy atom.